The molecule has 1 aliphatic carbocycles. The average molecular weight is 691 g/mol. The number of aromatic nitrogens is 2. The molecular formula is C26H26F3IN3O6P. The summed E-state index contributed by atoms with van der Waals surface area (Å²) < 4.78 is 59.6. The third-order valence-electron chi connectivity index (χ3n) is 6.75. The number of Topliss-reactive ketones (excluding diaryl/α,β-unsaturated/α-hetero) is 1. The van der Waals surface area contributed by atoms with E-state index in [9.17, 15) is 23.2 Å². The Morgan fingerprint density at radius 1 is 1.20 bits per heavy atom. The summed E-state index contributed by atoms with van der Waals surface area (Å²) in [6.45, 7) is -0.605. The van der Waals surface area contributed by atoms with Crippen molar-refractivity contribution in [1.82, 2.24) is 9.97 Å². The van der Waals surface area contributed by atoms with E-state index in [1.54, 1.807) is 0 Å². The van der Waals surface area contributed by atoms with Crippen LogP contribution in [0.25, 0.3) is 11.3 Å². The van der Waals surface area contributed by atoms with Crippen LogP contribution in [-0.2, 0) is 9.09 Å². The number of alkyl halides is 1. The molecule has 1 heterocycles. The summed E-state index contributed by atoms with van der Waals surface area (Å²) in [5.74, 6) is -3.49. The van der Waals surface area contributed by atoms with Crippen molar-refractivity contribution in [2.75, 3.05) is 12.3 Å². The van der Waals surface area contributed by atoms with Gasteiger partial charge in [-0.15, -0.1) is 0 Å². The normalized spacial score (nSPS) is 20.3. The Kier molecular flexibility index (Phi) is 9.63. The van der Waals surface area contributed by atoms with E-state index in [1.165, 1.54) is 30.5 Å². The zero-order valence-corrected chi connectivity index (χ0v) is 23.9. The first-order valence-corrected chi connectivity index (χ1v) is 14.9. The highest BCUT2D eigenvalue weighted by molar-refractivity contribution is 14.1. The number of anilines is 1. The van der Waals surface area contributed by atoms with Crippen LogP contribution in [-0.4, -0.2) is 49.5 Å². The first-order chi connectivity index (χ1) is 18.8. The molecular weight excluding hydrogens is 665 g/mol. The third-order valence-corrected chi connectivity index (χ3v) is 7.86. The number of aliphatic hydroxyl groups is 1. The van der Waals surface area contributed by atoms with Gasteiger partial charge in [0.2, 0.25) is 0 Å². The molecule has 1 fully saturated rings. The van der Waals surface area contributed by atoms with Crippen molar-refractivity contribution in [2.45, 2.75) is 49.8 Å². The summed E-state index contributed by atoms with van der Waals surface area (Å²) in [5, 5.41) is 9.67. The van der Waals surface area contributed by atoms with Crippen LogP contribution >= 0.6 is 30.4 Å². The van der Waals surface area contributed by atoms with Gasteiger partial charge in [0.05, 0.1) is 30.2 Å². The fraction of sp³-hybridized carbons (Fsp3) is 0.346. The van der Waals surface area contributed by atoms with Crippen LogP contribution in [0.3, 0.4) is 0 Å². The molecule has 1 saturated carbocycles. The Morgan fingerprint density at radius 3 is 2.60 bits per heavy atom. The van der Waals surface area contributed by atoms with E-state index < -0.39 is 56.5 Å². The van der Waals surface area contributed by atoms with Gasteiger partial charge in [0.1, 0.15) is 29.3 Å². The SMILES string of the molecule is Nc1ncc([C@@H]2CC[C@@H](O)[C@H](F)C2)nc1-c1ccc(C(=O)C[C@H](COP(=O)(O)O)c2cc(F)cc(I)c2)c(F)c1. The van der Waals surface area contributed by atoms with Crippen molar-refractivity contribution in [2.24, 2.45) is 0 Å². The number of hydrogen-bond acceptors (Lipinski definition) is 7. The van der Waals surface area contributed by atoms with Crippen LogP contribution in [0, 0.1) is 15.2 Å². The quantitative estimate of drug-likeness (QED) is 0.137. The van der Waals surface area contributed by atoms with Crippen molar-refractivity contribution >= 4 is 42.0 Å². The summed E-state index contributed by atoms with van der Waals surface area (Å²) in [4.78, 5) is 39.9. The number of nitrogens with two attached hydrogens (primary N) is 1. The van der Waals surface area contributed by atoms with Crippen molar-refractivity contribution in [3.63, 3.8) is 0 Å². The van der Waals surface area contributed by atoms with E-state index in [1.807, 2.05) is 22.6 Å². The van der Waals surface area contributed by atoms with E-state index in [0.717, 1.165) is 12.1 Å². The number of nitrogens with zero attached hydrogens (tertiary/aromatic N) is 2. The maximum atomic E-state index is 15.2. The zero-order valence-electron chi connectivity index (χ0n) is 20.9. The molecule has 4 rings (SSSR count). The lowest BCUT2D eigenvalue weighted by Gasteiger charge is -2.28. The fourth-order valence-corrected chi connectivity index (χ4v) is 5.71. The van der Waals surface area contributed by atoms with Gasteiger partial charge in [0.25, 0.3) is 0 Å². The Balaban J connectivity index is 1.58. The lowest BCUT2D eigenvalue weighted by Crippen LogP contribution is -2.30. The number of carbonyl (C=O) groups is 1. The summed E-state index contributed by atoms with van der Waals surface area (Å²) >= 11 is 1.86. The van der Waals surface area contributed by atoms with Gasteiger partial charge in [-0.05, 0) is 77.7 Å². The number of hydrogen-bond donors (Lipinski definition) is 4. The highest BCUT2D eigenvalue weighted by atomic mass is 127. The standard InChI is InChI=1S/C26H26F3IN3O6P/c27-17-5-15(6-18(30)10-17)16(12-39-40(36,37)38)9-24(35)19-3-1-14(8-20(19)28)25-26(31)32-11-22(33-25)13-2-4-23(34)21(29)7-13/h1,3,5-6,8,10-11,13,16,21,23,34H,2,4,7,9,12H2,(H2,31,32)(H2,36,37,38)/t13-,16-,21-,23-/m1/s1. The van der Waals surface area contributed by atoms with Gasteiger partial charge in [-0.2, -0.15) is 0 Å². The van der Waals surface area contributed by atoms with Crippen LogP contribution in [0.5, 0.6) is 0 Å². The lowest BCUT2D eigenvalue weighted by molar-refractivity contribution is 0.0363. The number of benzene rings is 2. The molecule has 0 aliphatic heterocycles. The number of ketones is 1. The molecule has 9 nitrogen and oxygen atoms in total. The Morgan fingerprint density at radius 2 is 1.95 bits per heavy atom. The molecule has 14 heteroatoms. The van der Waals surface area contributed by atoms with Gasteiger partial charge in [-0.1, -0.05) is 6.07 Å². The molecule has 0 radical (unpaired) electrons. The molecule has 5 N–H and O–H groups in total. The van der Waals surface area contributed by atoms with Crippen molar-refractivity contribution in [3.05, 3.63) is 74.6 Å². The molecule has 214 valence electrons. The molecule has 0 saturated heterocycles. The van der Waals surface area contributed by atoms with Gasteiger partial charge in [-0.3, -0.25) is 9.32 Å². The summed E-state index contributed by atoms with van der Waals surface area (Å²) in [5.41, 5.74) is 6.78. The smallest absolute Gasteiger partial charge is 0.390 e. The zero-order chi connectivity index (χ0) is 29.2. The Hall–Kier alpha value is -2.42. The molecule has 2 aromatic carbocycles. The molecule has 0 amide bonds. The average Bonchev–Trinajstić information content (AvgIpc) is 2.87. The number of aliphatic hydroxyl groups excluding tert-OH is 1. The summed E-state index contributed by atoms with van der Waals surface area (Å²) in [6, 6.07) is 7.61. The summed E-state index contributed by atoms with van der Waals surface area (Å²) in [7, 11) is -4.89. The second-order valence-corrected chi connectivity index (χ2v) is 12.1. The van der Waals surface area contributed by atoms with Gasteiger partial charge >= 0.3 is 7.82 Å². The maximum Gasteiger partial charge on any atom is 0.469 e. The minimum Gasteiger partial charge on any atom is -0.390 e. The van der Waals surface area contributed by atoms with Crippen LogP contribution in [0.2, 0.25) is 0 Å². The number of phosphoric acid groups is 1. The van der Waals surface area contributed by atoms with Crippen LogP contribution < -0.4 is 5.73 Å². The lowest BCUT2D eigenvalue weighted by atomic mass is 9.84. The number of nitrogen functional groups attached to an aromatic ring is 1. The van der Waals surface area contributed by atoms with Crippen molar-refractivity contribution in [3.8, 4) is 11.3 Å². The second kappa shape index (κ2) is 12.6. The minimum atomic E-state index is -4.89. The van der Waals surface area contributed by atoms with Gasteiger partial charge in [-0.25, -0.2) is 27.7 Å². The molecule has 3 aromatic rings. The number of phosphoric ester groups is 1. The topological polar surface area (TPSA) is 156 Å². The Bertz CT molecular complexity index is 1440. The van der Waals surface area contributed by atoms with E-state index in [2.05, 4.69) is 14.5 Å². The van der Waals surface area contributed by atoms with Crippen molar-refractivity contribution < 1.29 is 41.9 Å². The van der Waals surface area contributed by atoms with Crippen LogP contribution in [0.1, 0.15) is 59.1 Å². The maximum absolute atomic E-state index is 15.2. The van der Waals surface area contributed by atoms with E-state index in [0.29, 0.717) is 15.7 Å². The highest BCUT2D eigenvalue weighted by Crippen LogP contribution is 2.39. The Labute approximate surface area is 241 Å². The van der Waals surface area contributed by atoms with E-state index in [-0.39, 0.29) is 47.0 Å². The molecule has 4 atom stereocenters. The third kappa shape index (κ3) is 7.65. The molecule has 1 aliphatic rings. The largest absolute Gasteiger partial charge is 0.469 e. The van der Waals surface area contributed by atoms with E-state index >= 15 is 4.39 Å². The predicted octanol–water partition coefficient (Wildman–Crippen LogP) is 5.04. The van der Waals surface area contributed by atoms with Gasteiger partial charge in [0.15, 0.2) is 5.78 Å². The van der Waals surface area contributed by atoms with Gasteiger partial charge < -0.3 is 20.6 Å². The number of rotatable bonds is 9. The highest BCUT2D eigenvalue weighted by Gasteiger charge is 2.31. The predicted molar refractivity (Wildman–Crippen MR) is 148 cm³/mol. The fourth-order valence-electron chi connectivity index (χ4n) is 4.68. The number of halogens is 4. The molecule has 0 unspecified atom stereocenters. The van der Waals surface area contributed by atoms with Crippen LogP contribution in [0.4, 0.5) is 19.0 Å². The molecule has 40 heavy (non-hydrogen) atoms. The second-order valence-electron chi connectivity index (χ2n) is 9.63. The summed E-state index contributed by atoms with van der Waals surface area (Å²) in [6.07, 6.45) is -0.578. The monoisotopic (exact) mass is 691 g/mol. The van der Waals surface area contributed by atoms with Crippen LogP contribution in [0.15, 0.2) is 42.6 Å². The molecule has 0 bridgehead atoms. The van der Waals surface area contributed by atoms with Crippen molar-refractivity contribution in [1.29, 1.82) is 0 Å². The van der Waals surface area contributed by atoms with E-state index in [4.69, 9.17) is 15.5 Å². The molecule has 0 spiro atoms. The van der Waals surface area contributed by atoms with Gasteiger partial charge in [0, 0.05) is 27.4 Å². The number of carbonyl (C=O) groups excluding carboxylic acids is 1. The first kappa shape index (κ1) is 30.5. The molecule has 1 aromatic heterocycles. The minimum absolute atomic E-state index is 0.00484. The first-order valence-electron chi connectivity index (χ1n) is 12.2.